The predicted molar refractivity (Wildman–Crippen MR) is 94.3 cm³/mol. The summed E-state index contributed by atoms with van der Waals surface area (Å²) in [7, 11) is 0. The lowest BCUT2D eigenvalue weighted by molar-refractivity contribution is -0.118. The van der Waals surface area contributed by atoms with Gasteiger partial charge in [-0.25, -0.2) is 0 Å². The molecule has 1 aliphatic carbocycles. The molecule has 0 radical (unpaired) electrons. The van der Waals surface area contributed by atoms with Gasteiger partial charge >= 0.3 is 0 Å². The summed E-state index contributed by atoms with van der Waals surface area (Å²) in [6.45, 7) is 3.43. The number of amides is 2. The van der Waals surface area contributed by atoms with E-state index in [-0.39, 0.29) is 35.6 Å². The van der Waals surface area contributed by atoms with Crippen LogP contribution in [0.1, 0.15) is 26.2 Å². The van der Waals surface area contributed by atoms with Gasteiger partial charge in [0.25, 0.3) is 0 Å². The molecule has 1 saturated heterocycles. The molecule has 1 aliphatic heterocycles. The van der Waals surface area contributed by atoms with E-state index in [9.17, 15) is 9.59 Å². The van der Waals surface area contributed by atoms with Crippen LogP contribution >= 0.6 is 24.0 Å². The summed E-state index contributed by atoms with van der Waals surface area (Å²) in [5.74, 6) is 0.0122. The number of nitrogens with one attached hydrogen (secondary N) is 3. The maximum atomic E-state index is 12.4. The number of benzene rings is 1. The van der Waals surface area contributed by atoms with Gasteiger partial charge in [0, 0.05) is 18.5 Å². The van der Waals surface area contributed by atoms with E-state index in [1.165, 1.54) is 6.92 Å². The van der Waals surface area contributed by atoms with Crippen LogP contribution in [0.15, 0.2) is 18.2 Å². The number of carbonyl (C=O) groups excluding carboxylic acids is 2. The molecule has 1 spiro atoms. The van der Waals surface area contributed by atoms with Crippen LogP contribution in [-0.2, 0) is 9.59 Å². The van der Waals surface area contributed by atoms with Gasteiger partial charge in [-0.15, -0.1) is 12.4 Å². The molecule has 2 amide bonds. The summed E-state index contributed by atoms with van der Waals surface area (Å²) in [6.07, 6.45) is 3.14. The van der Waals surface area contributed by atoms with Crippen molar-refractivity contribution in [3.8, 4) is 0 Å². The third-order valence-electron chi connectivity index (χ3n) is 4.65. The van der Waals surface area contributed by atoms with Crippen LogP contribution < -0.4 is 16.0 Å². The van der Waals surface area contributed by atoms with E-state index in [4.69, 9.17) is 11.6 Å². The fourth-order valence-electron chi connectivity index (χ4n) is 3.31. The van der Waals surface area contributed by atoms with Gasteiger partial charge in [-0.1, -0.05) is 11.6 Å². The smallest absolute Gasteiger partial charge is 0.228 e. The van der Waals surface area contributed by atoms with Crippen LogP contribution in [0.5, 0.6) is 0 Å². The lowest BCUT2D eigenvalue weighted by Gasteiger charge is -2.23. The van der Waals surface area contributed by atoms with Crippen molar-refractivity contribution in [2.24, 2.45) is 11.3 Å². The third kappa shape index (κ3) is 3.97. The second kappa shape index (κ2) is 7.07. The standard InChI is InChI=1S/C16H20ClN3O2.ClH/c1-10(21)19-14-3-2-11(8-13(14)17)20-15(22)12-9-16(12)4-6-18-7-5-16;/h2-3,8,12,18H,4-7,9H2,1H3,(H,19,21)(H,20,22);1H. The molecule has 1 saturated carbocycles. The van der Waals surface area contributed by atoms with Gasteiger partial charge in [0.2, 0.25) is 11.8 Å². The molecule has 2 fully saturated rings. The third-order valence-corrected chi connectivity index (χ3v) is 4.97. The summed E-state index contributed by atoms with van der Waals surface area (Å²) in [6, 6.07) is 5.13. The van der Waals surface area contributed by atoms with Crippen LogP contribution in [-0.4, -0.2) is 24.9 Å². The SMILES string of the molecule is CC(=O)Nc1ccc(NC(=O)C2CC23CCNCC3)cc1Cl.Cl. The van der Waals surface area contributed by atoms with E-state index in [0.29, 0.717) is 16.4 Å². The van der Waals surface area contributed by atoms with E-state index in [1.807, 2.05) is 0 Å². The van der Waals surface area contributed by atoms with E-state index in [2.05, 4.69) is 16.0 Å². The Morgan fingerprint density at radius 3 is 2.57 bits per heavy atom. The normalized spacial score (nSPS) is 21.2. The number of hydrogen-bond acceptors (Lipinski definition) is 3. The summed E-state index contributed by atoms with van der Waals surface area (Å²) in [5.41, 5.74) is 1.43. The first-order valence-electron chi connectivity index (χ1n) is 7.59. The quantitative estimate of drug-likeness (QED) is 0.778. The molecular formula is C16H21Cl2N3O2. The fourth-order valence-corrected chi connectivity index (χ4v) is 3.54. The van der Waals surface area contributed by atoms with Crippen molar-refractivity contribution in [2.45, 2.75) is 26.2 Å². The molecule has 3 rings (SSSR count). The molecule has 3 N–H and O–H groups in total. The largest absolute Gasteiger partial charge is 0.326 e. The molecule has 1 atom stereocenters. The second-order valence-corrected chi connectivity index (χ2v) is 6.64. The molecular weight excluding hydrogens is 337 g/mol. The number of anilines is 2. The van der Waals surface area contributed by atoms with Gasteiger partial charge in [-0.2, -0.15) is 0 Å². The van der Waals surface area contributed by atoms with Crippen LogP contribution in [0.4, 0.5) is 11.4 Å². The van der Waals surface area contributed by atoms with Gasteiger partial charge < -0.3 is 16.0 Å². The Bertz CT molecular complexity index is 615. The highest BCUT2D eigenvalue weighted by Crippen LogP contribution is 2.58. The summed E-state index contributed by atoms with van der Waals surface area (Å²) < 4.78 is 0. The Morgan fingerprint density at radius 2 is 1.96 bits per heavy atom. The number of halogens is 2. The first-order chi connectivity index (χ1) is 10.5. The van der Waals surface area contributed by atoms with Crippen molar-refractivity contribution < 1.29 is 9.59 Å². The maximum Gasteiger partial charge on any atom is 0.228 e. The zero-order valence-electron chi connectivity index (χ0n) is 12.9. The van der Waals surface area contributed by atoms with Crippen LogP contribution in [0, 0.1) is 11.3 Å². The highest BCUT2D eigenvalue weighted by atomic mass is 35.5. The van der Waals surface area contributed by atoms with E-state index < -0.39 is 0 Å². The molecule has 0 aromatic heterocycles. The Hall–Kier alpha value is -1.30. The number of hydrogen-bond donors (Lipinski definition) is 3. The van der Waals surface area contributed by atoms with Gasteiger partial charge in [0.1, 0.15) is 0 Å². The summed E-state index contributed by atoms with van der Waals surface area (Å²) in [5, 5.41) is 9.34. The molecule has 1 aromatic carbocycles. The molecule has 126 valence electrons. The second-order valence-electron chi connectivity index (χ2n) is 6.23. The molecule has 1 aromatic rings. The Kier molecular flexibility index (Phi) is 5.55. The molecule has 23 heavy (non-hydrogen) atoms. The number of rotatable bonds is 3. The molecule has 5 nitrogen and oxygen atoms in total. The molecule has 7 heteroatoms. The first-order valence-corrected chi connectivity index (χ1v) is 7.97. The fraction of sp³-hybridized carbons (Fsp3) is 0.500. The van der Waals surface area contributed by atoms with Crippen LogP contribution in [0.2, 0.25) is 5.02 Å². The van der Waals surface area contributed by atoms with Gasteiger partial charge in [-0.3, -0.25) is 9.59 Å². The van der Waals surface area contributed by atoms with Crippen molar-refractivity contribution in [1.82, 2.24) is 5.32 Å². The van der Waals surface area contributed by atoms with Gasteiger partial charge in [0.05, 0.1) is 10.7 Å². The van der Waals surface area contributed by atoms with Crippen molar-refractivity contribution in [3.63, 3.8) is 0 Å². The van der Waals surface area contributed by atoms with Crippen LogP contribution in [0.3, 0.4) is 0 Å². The molecule has 1 heterocycles. The monoisotopic (exact) mass is 357 g/mol. The average Bonchev–Trinajstić information content (AvgIpc) is 3.16. The minimum atomic E-state index is -0.176. The molecule has 0 bridgehead atoms. The zero-order valence-corrected chi connectivity index (χ0v) is 14.5. The highest BCUT2D eigenvalue weighted by Gasteiger charge is 2.57. The minimum Gasteiger partial charge on any atom is -0.326 e. The lowest BCUT2D eigenvalue weighted by Crippen LogP contribution is -2.31. The minimum absolute atomic E-state index is 0. The maximum absolute atomic E-state index is 12.4. The first kappa shape index (κ1) is 18.0. The Morgan fingerprint density at radius 1 is 1.26 bits per heavy atom. The van der Waals surface area contributed by atoms with Crippen LogP contribution in [0.25, 0.3) is 0 Å². The van der Waals surface area contributed by atoms with Crippen molar-refractivity contribution in [2.75, 3.05) is 23.7 Å². The van der Waals surface area contributed by atoms with E-state index in [1.54, 1.807) is 18.2 Å². The molecule has 1 unspecified atom stereocenters. The lowest BCUT2D eigenvalue weighted by atomic mass is 9.92. The summed E-state index contributed by atoms with van der Waals surface area (Å²) in [4.78, 5) is 23.4. The Balaban J connectivity index is 0.00000192. The highest BCUT2D eigenvalue weighted by molar-refractivity contribution is 6.34. The topological polar surface area (TPSA) is 70.2 Å². The van der Waals surface area contributed by atoms with Crippen molar-refractivity contribution in [3.05, 3.63) is 23.2 Å². The zero-order chi connectivity index (χ0) is 15.7. The van der Waals surface area contributed by atoms with Gasteiger partial charge in [-0.05, 0) is 56.0 Å². The summed E-state index contributed by atoms with van der Waals surface area (Å²) >= 11 is 6.12. The number of carbonyl (C=O) groups is 2. The van der Waals surface area contributed by atoms with E-state index in [0.717, 1.165) is 32.4 Å². The average molecular weight is 358 g/mol. The predicted octanol–water partition coefficient (Wildman–Crippen LogP) is 3.05. The van der Waals surface area contributed by atoms with E-state index >= 15 is 0 Å². The molecule has 2 aliphatic rings. The van der Waals surface area contributed by atoms with Crippen molar-refractivity contribution >= 4 is 47.2 Å². The number of piperidine rings is 1. The van der Waals surface area contributed by atoms with Gasteiger partial charge in [0.15, 0.2) is 0 Å². The Labute approximate surface area is 146 Å². The van der Waals surface area contributed by atoms with Crippen molar-refractivity contribution in [1.29, 1.82) is 0 Å².